The highest BCUT2D eigenvalue weighted by Crippen LogP contribution is 2.12. The average Bonchev–Trinajstić information content (AvgIpc) is 2.25. The van der Waals surface area contributed by atoms with Crippen molar-refractivity contribution in [2.24, 2.45) is 0 Å². The van der Waals surface area contributed by atoms with Crippen LogP contribution in [-0.4, -0.2) is 23.6 Å². The van der Waals surface area contributed by atoms with Gasteiger partial charge in [-0.1, -0.05) is 13.0 Å². The Morgan fingerprint density at radius 3 is 2.56 bits per heavy atom. The van der Waals surface area contributed by atoms with Crippen LogP contribution in [0.3, 0.4) is 0 Å². The zero-order valence-corrected chi connectivity index (χ0v) is 8.64. The summed E-state index contributed by atoms with van der Waals surface area (Å²) in [7, 11) is 0. The van der Waals surface area contributed by atoms with Crippen LogP contribution in [0.2, 0.25) is 0 Å². The van der Waals surface area contributed by atoms with Gasteiger partial charge in [-0.2, -0.15) is 13.2 Å². The van der Waals surface area contributed by atoms with E-state index in [4.69, 9.17) is 0 Å². The quantitative estimate of drug-likeness (QED) is 0.865. The molecule has 1 amide bonds. The monoisotopic (exact) mass is 232 g/mol. The third-order valence-electron chi connectivity index (χ3n) is 1.92. The fraction of sp³-hybridized carbons (Fsp3) is 0.400. The second-order valence-corrected chi connectivity index (χ2v) is 3.20. The molecular weight excluding hydrogens is 221 g/mol. The second-order valence-electron chi connectivity index (χ2n) is 3.20. The predicted octanol–water partition coefficient (Wildman–Crippen LogP) is 1.94. The first-order valence-corrected chi connectivity index (χ1v) is 4.72. The number of hydrogen-bond donors (Lipinski definition) is 1. The number of hydrogen-bond acceptors (Lipinski definition) is 2. The van der Waals surface area contributed by atoms with Crippen LogP contribution >= 0.6 is 0 Å². The molecular formula is C10H11F3N2O. The zero-order chi connectivity index (χ0) is 12.2. The van der Waals surface area contributed by atoms with Crippen LogP contribution in [-0.2, 0) is 6.42 Å². The first-order valence-electron chi connectivity index (χ1n) is 4.72. The topological polar surface area (TPSA) is 42.0 Å². The lowest BCUT2D eigenvalue weighted by Gasteiger charge is -2.07. The van der Waals surface area contributed by atoms with E-state index in [1.165, 1.54) is 12.3 Å². The number of carbonyl (C=O) groups is 1. The molecule has 0 spiro atoms. The lowest BCUT2D eigenvalue weighted by Crippen LogP contribution is -2.34. The first kappa shape index (κ1) is 12.5. The molecule has 0 saturated carbocycles. The van der Waals surface area contributed by atoms with E-state index in [2.05, 4.69) is 4.98 Å². The molecule has 0 atom stereocenters. The van der Waals surface area contributed by atoms with E-state index in [0.717, 1.165) is 12.0 Å². The lowest BCUT2D eigenvalue weighted by molar-refractivity contribution is -0.123. The number of aryl methyl sites for hydroxylation is 1. The van der Waals surface area contributed by atoms with Crippen LogP contribution in [0.1, 0.15) is 23.0 Å². The zero-order valence-electron chi connectivity index (χ0n) is 8.64. The Bertz CT molecular complexity index is 359. The van der Waals surface area contributed by atoms with Crippen molar-refractivity contribution in [1.29, 1.82) is 0 Å². The van der Waals surface area contributed by atoms with Gasteiger partial charge < -0.3 is 5.32 Å². The molecule has 0 radical (unpaired) electrons. The molecule has 0 aliphatic rings. The fourth-order valence-electron chi connectivity index (χ4n) is 1.04. The Labute approximate surface area is 90.7 Å². The van der Waals surface area contributed by atoms with Crippen LogP contribution in [0, 0.1) is 0 Å². The lowest BCUT2D eigenvalue weighted by atomic mass is 10.2. The third-order valence-corrected chi connectivity index (χ3v) is 1.92. The molecule has 0 fully saturated rings. The van der Waals surface area contributed by atoms with Gasteiger partial charge in [-0.3, -0.25) is 9.78 Å². The molecule has 0 aromatic carbocycles. The minimum absolute atomic E-state index is 0.0125. The van der Waals surface area contributed by atoms with Gasteiger partial charge in [0.25, 0.3) is 5.91 Å². The van der Waals surface area contributed by atoms with Gasteiger partial charge in [0.15, 0.2) is 0 Å². The minimum Gasteiger partial charge on any atom is -0.342 e. The summed E-state index contributed by atoms with van der Waals surface area (Å²) in [6.45, 7) is 0.573. The second kappa shape index (κ2) is 4.96. The Kier molecular flexibility index (Phi) is 3.87. The number of aromatic nitrogens is 1. The van der Waals surface area contributed by atoms with Crippen molar-refractivity contribution in [2.45, 2.75) is 19.5 Å². The van der Waals surface area contributed by atoms with E-state index >= 15 is 0 Å². The van der Waals surface area contributed by atoms with E-state index in [0.29, 0.717) is 0 Å². The highest BCUT2D eigenvalue weighted by Gasteiger charge is 2.28. The summed E-state index contributed by atoms with van der Waals surface area (Å²) in [5.74, 6) is -0.819. The van der Waals surface area contributed by atoms with Crippen LogP contribution in [0.15, 0.2) is 18.3 Å². The summed E-state index contributed by atoms with van der Waals surface area (Å²) in [5, 5.41) is 1.75. The molecule has 1 aromatic rings. The van der Waals surface area contributed by atoms with Crippen LogP contribution in [0.4, 0.5) is 13.2 Å². The molecule has 0 saturated heterocycles. The number of carbonyl (C=O) groups excluding carboxylic acids is 1. The molecule has 0 aliphatic carbocycles. The van der Waals surface area contributed by atoms with Crippen molar-refractivity contribution in [2.75, 3.05) is 6.54 Å². The number of alkyl halides is 3. The maximum absolute atomic E-state index is 11.8. The fourth-order valence-corrected chi connectivity index (χ4v) is 1.04. The largest absolute Gasteiger partial charge is 0.405 e. The third kappa shape index (κ3) is 3.88. The molecule has 6 heteroatoms. The number of halogens is 3. The molecule has 0 bridgehead atoms. The summed E-state index contributed by atoms with van der Waals surface area (Å²) in [6.07, 6.45) is -2.17. The highest BCUT2D eigenvalue weighted by atomic mass is 19.4. The SMILES string of the molecule is CCc1ccc(C(=O)NCC(F)(F)F)nc1. The predicted molar refractivity (Wildman–Crippen MR) is 52.0 cm³/mol. The molecule has 1 N–H and O–H groups in total. The number of rotatable bonds is 3. The number of nitrogens with one attached hydrogen (secondary N) is 1. The minimum atomic E-state index is -4.40. The van der Waals surface area contributed by atoms with Crippen molar-refractivity contribution < 1.29 is 18.0 Å². The summed E-state index contributed by atoms with van der Waals surface area (Å²) >= 11 is 0. The molecule has 1 aromatic heterocycles. The highest BCUT2D eigenvalue weighted by molar-refractivity contribution is 5.92. The molecule has 3 nitrogen and oxygen atoms in total. The summed E-state index contributed by atoms with van der Waals surface area (Å²) < 4.78 is 35.4. The Morgan fingerprint density at radius 2 is 2.12 bits per heavy atom. The smallest absolute Gasteiger partial charge is 0.342 e. The van der Waals surface area contributed by atoms with Gasteiger partial charge in [-0.25, -0.2) is 0 Å². The number of nitrogens with zero attached hydrogens (tertiary/aromatic N) is 1. The summed E-state index contributed by atoms with van der Waals surface area (Å²) in [5.41, 5.74) is 0.911. The summed E-state index contributed by atoms with van der Waals surface area (Å²) in [6, 6.07) is 3.07. The maximum atomic E-state index is 11.8. The van der Waals surface area contributed by atoms with Gasteiger partial charge in [0, 0.05) is 6.20 Å². The Balaban J connectivity index is 2.59. The van der Waals surface area contributed by atoms with Gasteiger partial charge in [0.2, 0.25) is 0 Å². The van der Waals surface area contributed by atoms with Crippen LogP contribution in [0.5, 0.6) is 0 Å². The Morgan fingerprint density at radius 1 is 1.44 bits per heavy atom. The van der Waals surface area contributed by atoms with Gasteiger partial charge in [0.05, 0.1) is 0 Å². The van der Waals surface area contributed by atoms with E-state index < -0.39 is 18.6 Å². The Hall–Kier alpha value is -1.59. The molecule has 1 heterocycles. The van der Waals surface area contributed by atoms with Crippen molar-refractivity contribution in [3.05, 3.63) is 29.6 Å². The van der Waals surface area contributed by atoms with Crippen molar-refractivity contribution in [3.63, 3.8) is 0 Å². The standard InChI is InChI=1S/C10H11F3N2O/c1-2-7-3-4-8(14-5-7)9(16)15-6-10(11,12)13/h3-5H,2,6H2,1H3,(H,15,16). The average molecular weight is 232 g/mol. The van der Waals surface area contributed by atoms with Crippen molar-refractivity contribution >= 4 is 5.91 Å². The van der Waals surface area contributed by atoms with E-state index in [1.807, 2.05) is 6.92 Å². The van der Waals surface area contributed by atoms with Crippen LogP contribution < -0.4 is 5.32 Å². The maximum Gasteiger partial charge on any atom is 0.405 e. The van der Waals surface area contributed by atoms with E-state index in [1.54, 1.807) is 11.4 Å². The number of amides is 1. The van der Waals surface area contributed by atoms with Crippen LogP contribution in [0.25, 0.3) is 0 Å². The molecule has 88 valence electrons. The van der Waals surface area contributed by atoms with E-state index in [-0.39, 0.29) is 5.69 Å². The van der Waals surface area contributed by atoms with Gasteiger partial charge >= 0.3 is 6.18 Å². The van der Waals surface area contributed by atoms with Gasteiger partial charge in [-0.05, 0) is 18.1 Å². The van der Waals surface area contributed by atoms with Gasteiger partial charge in [-0.15, -0.1) is 0 Å². The molecule has 0 aliphatic heterocycles. The molecule has 0 unspecified atom stereocenters. The summed E-state index contributed by atoms with van der Waals surface area (Å²) in [4.78, 5) is 15.0. The normalized spacial score (nSPS) is 11.2. The number of pyridine rings is 1. The van der Waals surface area contributed by atoms with Crippen molar-refractivity contribution in [1.82, 2.24) is 10.3 Å². The van der Waals surface area contributed by atoms with Gasteiger partial charge in [0.1, 0.15) is 12.2 Å². The molecule has 16 heavy (non-hydrogen) atoms. The van der Waals surface area contributed by atoms with E-state index in [9.17, 15) is 18.0 Å². The first-order chi connectivity index (χ1) is 7.42. The molecule has 1 rings (SSSR count). The van der Waals surface area contributed by atoms with Crippen molar-refractivity contribution in [3.8, 4) is 0 Å².